The second-order valence-electron chi connectivity index (χ2n) is 6.65. The Kier molecular flexibility index (Phi) is 4.00. The zero-order valence-electron chi connectivity index (χ0n) is 13.9. The van der Waals surface area contributed by atoms with Crippen LogP contribution >= 0.6 is 0 Å². The highest BCUT2D eigenvalue weighted by Gasteiger charge is 2.52. The zero-order valence-corrected chi connectivity index (χ0v) is 14.7. The van der Waals surface area contributed by atoms with Crippen LogP contribution in [-0.2, 0) is 26.6 Å². The minimum Gasteiger partial charge on any atom is -0.469 e. The summed E-state index contributed by atoms with van der Waals surface area (Å²) in [6.45, 7) is 3.41. The van der Waals surface area contributed by atoms with E-state index in [4.69, 9.17) is 4.74 Å². The number of ether oxygens (including phenoxy) is 1. The normalized spacial score (nSPS) is 29.9. The lowest BCUT2D eigenvalue weighted by molar-refractivity contribution is -0.148. The summed E-state index contributed by atoms with van der Waals surface area (Å²) in [5.41, 5.74) is 1.06. The molecule has 2 aliphatic rings. The zero-order chi connectivity index (χ0) is 16.9. The van der Waals surface area contributed by atoms with Crippen molar-refractivity contribution in [2.24, 2.45) is 24.8 Å². The van der Waals surface area contributed by atoms with Gasteiger partial charge in [0.1, 0.15) is 4.90 Å². The maximum atomic E-state index is 12.9. The Bertz CT molecular complexity index is 740. The third-order valence-corrected chi connectivity index (χ3v) is 7.10. The van der Waals surface area contributed by atoms with Gasteiger partial charge in [0, 0.05) is 13.1 Å². The number of methoxy groups -OCH3 is 1. The first-order valence-electron chi connectivity index (χ1n) is 7.86. The number of sulfonamides is 1. The number of hydrogen-bond donors (Lipinski definition) is 1. The van der Waals surface area contributed by atoms with Crippen LogP contribution in [0.2, 0.25) is 0 Å². The van der Waals surface area contributed by atoms with Crippen molar-refractivity contribution < 1.29 is 17.9 Å². The Morgan fingerprint density at radius 1 is 1.30 bits per heavy atom. The lowest BCUT2D eigenvalue weighted by atomic mass is 9.85. The van der Waals surface area contributed by atoms with Gasteiger partial charge in [-0.05, 0) is 44.9 Å². The maximum absolute atomic E-state index is 12.9. The van der Waals surface area contributed by atoms with Gasteiger partial charge in [-0.1, -0.05) is 0 Å². The molecule has 8 heteroatoms. The molecule has 7 nitrogen and oxygen atoms in total. The lowest BCUT2D eigenvalue weighted by Crippen LogP contribution is -2.47. The molecule has 0 saturated heterocycles. The molecular formula is C15H23N3O4S. The molecule has 128 valence electrons. The topological polar surface area (TPSA) is 90.3 Å². The Balaban J connectivity index is 1.92. The molecule has 2 aliphatic carbocycles. The molecule has 4 unspecified atom stereocenters. The second-order valence-corrected chi connectivity index (χ2v) is 8.30. The van der Waals surface area contributed by atoms with E-state index >= 15 is 0 Å². The Morgan fingerprint density at radius 3 is 2.52 bits per heavy atom. The fourth-order valence-corrected chi connectivity index (χ4v) is 6.08. The minimum atomic E-state index is -3.72. The van der Waals surface area contributed by atoms with Crippen LogP contribution in [0.15, 0.2) is 4.90 Å². The largest absolute Gasteiger partial charge is 0.469 e. The van der Waals surface area contributed by atoms with Gasteiger partial charge in [0.2, 0.25) is 10.0 Å². The Labute approximate surface area is 136 Å². The number of rotatable bonds is 4. The second kappa shape index (κ2) is 5.59. The van der Waals surface area contributed by atoms with Crippen LogP contribution in [0.4, 0.5) is 0 Å². The summed E-state index contributed by atoms with van der Waals surface area (Å²) in [5, 5.41) is 4.18. The summed E-state index contributed by atoms with van der Waals surface area (Å²) >= 11 is 0. The van der Waals surface area contributed by atoms with Crippen molar-refractivity contribution >= 4 is 16.0 Å². The average molecular weight is 341 g/mol. The van der Waals surface area contributed by atoms with Gasteiger partial charge in [0.05, 0.1) is 24.4 Å². The number of hydrogen-bond acceptors (Lipinski definition) is 5. The van der Waals surface area contributed by atoms with Crippen molar-refractivity contribution in [3.63, 3.8) is 0 Å². The Hall–Kier alpha value is -1.41. The molecule has 0 aliphatic heterocycles. The highest BCUT2D eigenvalue weighted by molar-refractivity contribution is 7.89. The summed E-state index contributed by atoms with van der Waals surface area (Å²) in [4.78, 5) is 12.3. The van der Waals surface area contributed by atoms with Gasteiger partial charge in [-0.25, -0.2) is 13.1 Å². The number of carbonyl (C=O) groups is 1. The van der Waals surface area contributed by atoms with E-state index in [2.05, 4.69) is 9.82 Å². The van der Waals surface area contributed by atoms with E-state index in [1.165, 1.54) is 7.11 Å². The number of esters is 1. The van der Waals surface area contributed by atoms with Crippen LogP contribution < -0.4 is 4.72 Å². The third kappa shape index (κ3) is 2.57. The quantitative estimate of drug-likeness (QED) is 0.822. The molecule has 1 N–H and O–H groups in total. The van der Waals surface area contributed by atoms with Gasteiger partial charge in [0.25, 0.3) is 0 Å². The standard InChI is InChI=1S/C15H23N3O4S/c1-8-14(9(2)18(3)16-8)23(20,21)17-13-11-6-5-10(7-11)12(13)15(19)22-4/h10-13,17H,5-7H2,1-4H3. The van der Waals surface area contributed by atoms with E-state index in [1.807, 2.05) is 0 Å². The van der Waals surface area contributed by atoms with E-state index in [0.29, 0.717) is 11.4 Å². The van der Waals surface area contributed by atoms with Gasteiger partial charge < -0.3 is 4.74 Å². The molecule has 4 atom stereocenters. The predicted octanol–water partition coefficient (Wildman–Crippen LogP) is 0.903. The number of aromatic nitrogens is 2. The van der Waals surface area contributed by atoms with E-state index in [1.54, 1.807) is 25.6 Å². The van der Waals surface area contributed by atoms with Crippen molar-refractivity contribution in [1.82, 2.24) is 14.5 Å². The predicted molar refractivity (Wildman–Crippen MR) is 83.1 cm³/mol. The molecule has 1 heterocycles. The molecule has 2 bridgehead atoms. The number of aryl methyl sites for hydroxylation is 2. The first kappa shape index (κ1) is 16.4. The molecule has 0 aromatic carbocycles. The van der Waals surface area contributed by atoms with Crippen LogP contribution in [-0.4, -0.2) is 37.3 Å². The molecule has 0 radical (unpaired) electrons. The van der Waals surface area contributed by atoms with Gasteiger partial charge >= 0.3 is 5.97 Å². The highest BCUT2D eigenvalue weighted by Crippen LogP contribution is 2.49. The SMILES string of the molecule is COC(=O)C1C2CCC(C2)C1NS(=O)(=O)c1c(C)nn(C)c1C. The number of carbonyl (C=O) groups excluding carboxylic acids is 1. The molecule has 2 fully saturated rings. The molecule has 1 aromatic heterocycles. The van der Waals surface area contributed by atoms with Gasteiger partial charge in [-0.15, -0.1) is 0 Å². The van der Waals surface area contributed by atoms with Crippen LogP contribution in [0.25, 0.3) is 0 Å². The summed E-state index contributed by atoms with van der Waals surface area (Å²) in [6, 6.07) is -0.384. The van der Waals surface area contributed by atoms with Gasteiger partial charge in [0.15, 0.2) is 0 Å². The van der Waals surface area contributed by atoms with E-state index in [0.717, 1.165) is 19.3 Å². The smallest absolute Gasteiger partial charge is 0.310 e. The Morgan fingerprint density at radius 2 is 1.96 bits per heavy atom. The fraction of sp³-hybridized carbons (Fsp3) is 0.733. The third-order valence-electron chi connectivity index (χ3n) is 5.39. The van der Waals surface area contributed by atoms with Gasteiger partial charge in [-0.2, -0.15) is 5.10 Å². The molecule has 2 saturated carbocycles. The number of nitrogens with one attached hydrogen (secondary N) is 1. The first-order chi connectivity index (χ1) is 10.8. The number of nitrogens with zero attached hydrogens (tertiary/aromatic N) is 2. The van der Waals surface area contributed by atoms with Crippen LogP contribution in [0, 0.1) is 31.6 Å². The van der Waals surface area contributed by atoms with E-state index in [9.17, 15) is 13.2 Å². The highest BCUT2D eigenvalue weighted by atomic mass is 32.2. The average Bonchev–Trinajstić information content (AvgIpc) is 3.12. The fourth-order valence-electron chi connectivity index (χ4n) is 4.32. The molecule has 0 amide bonds. The van der Waals surface area contributed by atoms with Crippen LogP contribution in [0.1, 0.15) is 30.7 Å². The molecular weight excluding hydrogens is 318 g/mol. The molecule has 3 rings (SSSR count). The van der Waals surface area contributed by atoms with Crippen molar-refractivity contribution in [2.45, 2.75) is 44.0 Å². The maximum Gasteiger partial charge on any atom is 0.310 e. The lowest BCUT2D eigenvalue weighted by Gasteiger charge is -2.29. The molecule has 0 spiro atoms. The summed E-state index contributed by atoms with van der Waals surface area (Å²) < 4.78 is 35.0. The van der Waals surface area contributed by atoms with E-state index < -0.39 is 10.0 Å². The summed E-state index contributed by atoms with van der Waals surface area (Å²) in [6.07, 6.45) is 2.81. The van der Waals surface area contributed by atoms with Crippen molar-refractivity contribution in [1.29, 1.82) is 0 Å². The summed E-state index contributed by atoms with van der Waals surface area (Å²) in [5.74, 6) is -0.275. The summed E-state index contributed by atoms with van der Waals surface area (Å²) in [7, 11) is -0.648. The molecule has 1 aromatic rings. The van der Waals surface area contributed by atoms with E-state index in [-0.39, 0.29) is 34.7 Å². The monoisotopic (exact) mass is 341 g/mol. The van der Waals surface area contributed by atoms with Crippen LogP contribution in [0.5, 0.6) is 0 Å². The first-order valence-corrected chi connectivity index (χ1v) is 9.35. The minimum absolute atomic E-state index is 0.205. The molecule has 23 heavy (non-hydrogen) atoms. The van der Waals surface area contributed by atoms with Crippen molar-refractivity contribution in [3.05, 3.63) is 11.4 Å². The van der Waals surface area contributed by atoms with Crippen molar-refractivity contribution in [2.75, 3.05) is 7.11 Å². The van der Waals surface area contributed by atoms with Gasteiger partial charge in [-0.3, -0.25) is 9.48 Å². The van der Waals surface area contributed by atoms with Crippen LogP contribution in [0.3, 0.4) is 0 Å². The number of fused-ring (bicyclic) bond motifs is 2. The van der Waals surface area contributed by atoms with Crippen molar-refractivity contribution in [3.8, 4) is 0 Å².